The highest BCUT2D eigenvalue weighted by atomic mass is 15.2. The van der Waals surface area contributed by atoms with Crippen molar-refractivity contribution in [2.24, 2.45) is 5.73 Å². The van der Waals surface area contributed by atoms with Gasteiger partial charge in [-0.15, -0.1) is 0 Å². The molecule has 0 aromatic rings. The molecule has 1 aliphatic rings. The zero-order valence-corrected chi connectivity index (χ0v) is 10.1. The number of hydrogen-bond acceptors (Lipinski definition) is 2. The third-order valence-corrected chi connectivity index (χ3v) is 3.59. The van der Waals surface area contributed by atoms with Crippen molar-refractivity contribution in [2.75, 3.05) is 13.1 Å². The van der Waals surface area contributed by atoms with E-state index in [1.807, 2.05) is 0 Å². The second kappa shape index (κ2) is 5.13. The Balaban J connectivity index is 2.48. The molecule has 84 valence electrons. The van der Waals surface area contributed by atoms with Crippen LogP contribution in [0, 0.1) is 0 Å². The lowest BCUT2D eigenvalue weighted by molar-refractivity contribution is 0.114. The Kier molecular flexibility index (Phi) is 4.39. The van der Waals surface area contributed by atoms with Crippen LogP contribution in [-0.4, -0.2) is 29.6 Å². The van der Waals surface area contributed by atoms with Crippen LogP contribution in [0.3, 0.4) is 0 Å². The van der Waals surface area contributed by atoms with Crippen LogP contribution in [0.25, 0.3) is 0 Å². The van der Waals surface area contributed by atoms with Gasteiger partial charge in [0.2, 0.25) is 0 Å². The summed E-state index contributed by atoms with van der Waals surface area (Å²) >= 11 is 0. The van der Waals surface area contributed by atoms with E-state index in [1.54, 1.807) is 0 Å². The molecule has 0 saturated carbocycles. The summed E-state index contributed by atoms with van der Waals surface area (Å²) in [6, 6.07) is 0.790. The first-order valence-electron chi connectivity index (χ1n) is 6.12. The quantitative estimate of drug-likeness (QED) is 0.751. The maximum atomic E-state index is 6.22. The molecule has 0 aromatic carbocycles. The van der Waals surface area contributed by atoms with Gasteiger partial charge in [-0.2, -0.15) is 0 Å². The minimum atomic E-state index is 0.00472. The Morgan fingerprint density at radius 2 is 2.07 bits per heavy atom. The van der Waals surface area contributed by atoms with Gasteiger partial charge in [-0.1, -0.05) is 20.3 Å². The molecular formula is C12H26N2. The van der Waals surface area contributed by atoms with E-state index in [0.29, 0.717) is 0 Å². The summed E-state index contributed by atoms with van der Waals surface area (Å²) in [5, 5.41) is 0. The Morgan fingerprint density at radius 1 is 1.36 bits per heavy atom. The lowest BCUT2D eigenvalue weighted by atomic mass is 9.94. The van der Waals surface area contributed by atoms with Gasteiger partial charge >= 0.3 is 0 Å². The van der Waals surface area contributed by atoms with Gasteiger partial charge in [-0.3, -0.25) is 4.90 Å². The zero-order valence-electron chi connectivity index (χ0n) is 10.1. The summed E-state index contributed by atoms with van der Waals surface area (Å²) in [6.07, 6.45) is 6.48. The van der Waals surface area contributed by atoms with Gasteiger partial charge in [0.25, 0.3) is 0 Å². The van der Waals surface area contributed by atoms with E-state index in [-0.39, 0.29) is 5.54 Å². The van der Waals surface area contributed by atoms with Crippen molar-refractivity contribution in [3.05, 3.63) is 0 Å². The van der Waals surface area contributed by atoms with Crippen LogP contribution in [0.1, 0.15) is 52.9 Å². The van der Waals surface area contributed by atoms with Crippen LogP contribution in [0.5, 0.6) is 0 Å². The summed E-state index contributed by atoms with van der Waals surface area (Å²) in [5.74, 6) is 0. The van der Waals surface area contributed by atoms with E-state index in [1.165, 1.54) is 32.2 Å². The summed E-state index contributed by atoms with van der Waals surface area (Å²) in [7, 11) is 0. The average Bonchev–Trinajstić information content (AvgIpc) is 2.18. The molecule has 1 rings (SSSR count). The van der Waals surface area contributed by atoms with Crippen LogP contribution in [0.4, 0.5) is 0 Å². The lowest BCUT2D eigenvalue weighted by Crippen LogP contribution is -2.52. The smallest absolute Gasteiger partial charge is 0.0252 e. The molecule has 2 unspecified atom stereocenters. The zero-order chi connectivity index (χ0) is 10.6. The molecule has 0 aliphatic carbocycles. The fourth-order valence-corrected chi connectivity index (χ4v) is 2.31. The molecule has 2 nitrogen and oxygen atoms in total. The molecule has 2 heteroatoms. The monoisotopic (exact) mass is 198 g/mol. The maximum absolute atomic E-state index is 6.22. The predicted molar refractivity (Wildman–Crippen MR) is 62.4 cm³/mol. The third-order valence-electron chi connectivity index (χ3n) is 3.59. The topological polar surface area (TPSA) is 29.3 Å². The van der Waals surface area contributed by atoms with Gasteiger partial charge in [-0.25, -0.2) is 0 Å². The third kappa shape index (κ3) is 3.25. The summed E-state index contributed by atoms with van der Waals surface area (Å²) in [5.41, 5.74) is 6.23. The van der Waals surface area contributed by atoms with Crippen molar-refractivity contribution in [3.63, 3.8) is 0 Å². The van der Waals surface area contributed by atoms with Crippen LogP contribution >= 0.6 is 0 Å². The first-order valence-corrected chi connectivity index (χ1v) is 6.12. The minimum absolute atomic E-state index is 0.00472. The number of nitrogens with two attached hydrogens (primary N) is 1. The van der Waals surface area contributed by atoms with Crippen LogP contribution in [-0.2, 0) is 0 Å². The second-order valence-corrected chi connectivity index (χ2v) is 5.04. The van der Waals surface area contributed by atoms with E-state index in [2.05, 4.69) is 25.7 Å². The highest BCUT2D eigenvalue weighted by Crippen LogP contribution is 2.21. The number of rotatable bonds is 4. The lowest BCUT2D eigenvalue weighted by Gasteiger charge is -2.40. The minimum Gasteiger partial charge on any atom is -0.324 e. The number of piperidine rings is 1. The van der Waals surface area contributed by atoms with Gasteiger partial charge < -0.3 is 5.73 Å². The number of nitrogens with zero attached hydrogens (tertiary/aromatic N) is 1. The largest absolute Gasteiger partial charge is 0.324 e. The Labute approximate surface area is 88.8 Å². The van der Waals surface area contributed by atoms with Crippen molar-refractivity contribution in [2.45, 2.75) is 64.5 Å². The van der Waals surface area contributed by atoms with Crippen molar-refractivity contribution in [3.8, 4) is 0 Å². The molecule has 0 radical (unpaired) electrons. The average molecular weight is 198 g/mol. The van der Waals surface area contributed by atoms with E-state index < -0.39 is 0 Å². The van der Waals surface area contributed by atoms with Crippen LogP contribution in [0.15, 0.2) is 0 Å². The van der Waals surface area contributed by atoms with Gasteiger partial charge in [0.15, 0.2) is 0 Å². The molecule has 2 atom stereocenters. The molecule has 1 heterocycles. The van der Waals surface area contributed by atoms with E-state index >= 15 is 0 Å². The predicted octanol–water partition coefficient (Wildman–Crippen LogP) is 2.38. The Morgan fingerprint density at radius 3 is 2.64 bits per heavy atom. The molecule has 0 spiro atoms. The number of likely N-dealkylation sites (tertiary alicyclic amines) is 1. The summed E-state index contributed by atoms with van der Waals surface area (Å²) in [6.45, 7) is 8.98. The molecular weight excluding hydrogens is 172 g/mol. The molecule has 0 bridgehead atoms. The molecule has 14 heavy (non-hydrogen) atoms. The summed E-state index contributed by atoms with van der Waals surface area (Å²) < 4.78 is 0. The molecule has 1 aliphatic heterocycles. The highest BCUT2D eigenvalue weighted by molar-refractivity contribution is 4.85. The van der Waals surface area contributed by atoms with Gasteiger partial charge in [0.1, 0.15) is 0 Å². The second-order valence-electron chi connectivity index (χ2n) is 5.04. The SMILES string of the molecule is CCC1CCCCN1CC(C)(N)CC. The van der Waals surface area contributed by atoms with Crippen molar-refractivity contribution in [1.29, 1.82) is 0 Å². The van der Waals surface area contributed by atoms with E-state index in [4.69, 9.17) is 5.73 Å². The van der Waals surface area contributed by atoms with Gasteiger partial charge in [-0.05, 0) is 39.2 Å². The molecule has 1 saturated heterocycles. The van der Waals surface area contributed by atoms with E-state index in [9.17, 15) is 0 Å². The summed E-state index contributed by atoms with van der Waals surface area (Å²) in [4.78, 5) is 2.60. The van der Waals surface area contributed by atoms with E-state index in [0.717, 1.165) is 19.0 Å². The van der Waals surface area contributed by atoms with Crippen LogP contribution < -0.4 is 5.73 Å². The molecule has 1 fully saturated rings. The molecule has 0 amide bonds. The Hall–Kier alpha value is -0.0800. The fraction of sp³-hybridized carbons (Fsp3) is 1.00. The van der Waals surface area contributed by atoms with Crippen LogP contribution in [0.2, 0.25) is 0 Å². The standard InChI is InChI=1S/C12H26N2/c1-4-11-8-6-7-9-14(11)10-12(3,13)5-2/h11H,4-10,13H2,1-3H3. The highest BCUT2D eigenvalue weighted by Gasteiger charge is 2.26. The Bertz CT molecular complexity index is 166. The molecule has 2 N–H and O–H groups in total. The number of hydrogen-bond donors (Lipinski definition) is 1. The first-order chi connectivity index (χ1) is 6.59. The maximum Gasteiger partial charge on any atom is 0.0252 e. The van der Waals surface area contributed by atoms with Crippen molar-refractivity contribution >= 4 is 0 Å². The normalized spacial score (nSPS) is 28.7. The van der Waals surface area contributed by atoms with Crippen molar-refractivity contribution in [1.82, 2.24) is 4.90 Å². The first kappa shape index (κ1) is 12.0. The van der Waals surface area contributed by atoms with Gasteiger partial charge in [0, 0.05) is 18.1 Å². The van der Waals surface area contributed by atoms with Crippen molar-refractivity contribution < 1.29 is 0 Å². The van der Waals surface area contributed by atoms with Gasteiger partial charge in [0.05, 0.1) is 0 Å². The fourth-order valence-electron chi connectivity index (χ4n) is 2.31. The molecule has 0 aromatic heterocycles.